The topological polar surface area (TPSA) is 64.0 Å². The van der Waals surface area contributed by atoms with Crippen LogP contribution in [0.25, 0.3) is 0 Å². The molecule has 1 heterocycles. The van der Waals surface area contributed by atoms with E-state index in [1.54, 1.807) is 10.9 Å². The molecule has 0 aliphatic rings. The summed E-state index contributed by atoms with van der Waals surface area (Å²) < 4.78 is 27.9. The van der Waals surface area contributed by atoms with Gasteiger partial charge in [0.05, 0.1) is 6.20 Å². The number of nitrogens with one attached hydrogen (secondary N) is 1. The van der Waals surface area contributed by atoms with Gasteiger partial charge in [-0.2, -0.15) is 5.10 Å². The van der Waals surface area contributed by atoms with Crippen molar-refractivity contribution in [3.8, 4) is 0 Å². The number of rotatable bonds is 8. The maximum atomic E-state index is 11.8. The Kier molecular flexibility index (Phi) is 5.64. The number of hydrogen-bond donors (Lipinski definition) is 1. The van der Waals surface area contributed by atoms with Crippen LogP contribution in [0, 0.1) is 0 Å². The van der Waals surface area contributed by atoms with Crippen LogP contribution in [0.1, 0.15) is 39.5 Å². The standard InChI is InChI=1S/C11H21N3O2S/c1-3-5-6-7-8-13-17(15,16)11-9-12-14(4-2)10-11/h9-10,13H,3-8H2,1-2H3. The van der Waals surface area contributed by atoms with Gasteiger partial charge in [0.1, 0.15) is 4.90 Å². The molecule has 0 aliphatic carbocycles. The van der Waals surface area contributed by atoms with Gasteiger partial charge < -0.3 is 0 Å². The van der Waals surface area contributed by atoms with Gasteiger partial charge in [0.15, 0.2) is 0 Å². The molecule has 0 spiro atoms. The first-order valence-electron chi connectivity index (χ1n) is 6.12. The van der Waals surface area contributed by atoms with Gasteiger partial charge in [-0.05, 0) is 13.3 Å². The molecule has 17 heavy (non-hydrogen) atoms. The van der Waals surface area contributed by atoms with Crippen molar-refractivity contribution in [1.29, 1.82) is 0 Å². The van der Waals surface area contributed by atoms with Crippen LogP contribution in [0.5, 0.6) is 0 Å². The molecule has 1 N–H and O–H groups in total. The fraction of sp³-hybridized carbons (Fsp3) is 0.727. The van der Waals surface area contributed by atoms with E-state index in [-0.39, 0.29) is 4.90 Å². The van der Waals surface area contributed by atoms with Crippen LogP contribution in [0.15, 0.2) is 17.3 Å². The zero-order valence-corrected chi connectivity index (χ0v) is 11.3. The van der Waals surface area contributed by atoms with Gasteiger partial charge in [0.25, 0.3) is 0 Å². The maximum Gasteiger partial charge on any atom is 0.243 e. The number of unbranched alkanes of at least 4 members (excludes halogenated alkanes) is 3. The molecule has 0 aliphatic heterocycles. The Bertz CT molecular complexity index is 426. The number of hydrogen-bond acceptors (Lipinski definition) is 3. The highest BCUT2D eigenvalue weighted by atomic mass is 32.2. The van der Waals surface area contributed by atoms with Crippen molar-refractivity contribution in [2.75, 3.05) is 6.54 Å². The summed E-state index contributed by atoms with van der Waals surface area (Å²) in [5.41, 5.74) is 0. The lowest BCUT2D eigenvalue weighted by molar-refractivity contribution is 0.573. The molecule has 1 rings (SSSR count). The van der Waals surface area contributed by atoms with Gasteiger partial charge in [-0.3, -0.25) is 4.68 Å². The van der Waals surface area contributed by atoms with Gasteiger partial charge >= 0.3 is 0 Å². The molecule has 0 saturated heterocycles. The SMILES string of the molecule is CCCCCCNS(=O)(=O)c1cnn(CC)c1. The largest absolute Gasteiger partial charge is 0.272 e. The lowest BCUT2D eigenvalue weighted by Gasteiger charge is -2.03. The molecular formula is C11H21N3O2S. The predicted octanol–water partition coefficient (Wildman–Crippen LogP) is 1.76. The molecule has 5 nitrogen and oxygen atoms in total. The molecule has 0 aromatic carbocycles. The maximum absolute atomic E-state index is 11.8. The fourth-order valence-electron chi connectivity index (χ4n) is 1.50. The van der Waals surface area contributed by atoms with Crippen molar-refractivity contribution >= 4 is 10.0 Å². The van der Waals surface area contributed by atoms with Crippen molar-refractivity contribution in [3.05, 3.63) is 12.4 Å². The first-order chi connectivity index (χ1) is 8.10. The highest BCUT2D eigenvalue weighted by Crippen LogP contribution is 2.07. The Labute approximate surface area is 103 Å². The summed E-state index contributed by atoms with van der Waals surface area (Å²) in [5, 5.41) is 3.96. The Morgan fingerprint density at radius 2 is 2.06 bits per heavy atom. The summed E-state index contributed by atoms with van der Waals surface area (Å²) in [6, 6.07) is 0. The third kappa shape index (κ3) is 4.47. The molecule has 0 unspecified atom stereocenters. The van der Waals surface area contributed by atoms with Crippen LogP contribution in [-0.2, 0) is 16.6 Å². The van der Waals surface area contributed by atoms with Crippen LogP contribution in [0.2, 0.25) is 0 Å². The van der Waals surface area contributed by atoms with Crippen molar-refractivity contribution in [3.63, 3.8) is 0 Å². The molecular weight excluding hydrogens is 238 g/mol. The normalized spacial score (nSPS) is 11.9. The lowest BCUT2D eigenvalue weighted by atomic mass is 10.2. The van der Waals surface area contributed by atoms with Gasteiger partial charge in [0, 0.05) is 19.3 Å². The second kappa shape index (κ2) is 6.76. The van der Waals surface area contributed by atoms with E-state index in [9.17, 15) is 8.42 Å². The number of aryl methyl sites for hydroxylation is 1. The van der Waals surface area contributed by atoms with E-state index in [0.717, 1.165) is 25.7 Å². The Hall–Kier alpha value is -0.880. The third-order valence-electron chi connectivity index (χ3n) is 2.57. The smallest absolute Gasteiger partial charge is 0.243 e. The van der Waals surface area contributed by atoms with Gasteiger partial charge in [-0.1, -0.05) is 26.2 Å². The zero-order chi connectivity index (χ0) is 12.7. The summed E-state index contributed by atoms with van der Waals surface area (Å²) in [6.07, 6.45) is 7.18. The van der Waals surface area contributed by atoms with Crippen LogP contribution in [-0.4, -0.2) is 24.7 Å². The average molecular weight is 259 g/mol. The predicted molar refractivity (Wildman–Crippen MR) is 67.2 cm³/mol. The van der Waals surface area contributed by atoms with Crippen molar-refractivity contribution in [2.45, 2.75) is 51.0 Å². The molecule has 0 atom stereocenters. The first-order valence-corrected chi connectivity index (χ1v) is 7.60. The van der Waals surface area contributed by atoms with Gasteiger partial charge in [-0.25, -0.2) is 13.1 Å². The second-order valence-electron chi connectivity index (χ2n) is 3.99. The molecule has 0 radical (unpaired) electrons. The summed E-state index contributed by atoms with van der Waals surface area (Å²) in [5.74, 6) is 0. The molecule has 0 saturated carbocycles. The van der Waals surface area contributed by atoms with Gasteiger partial charge in [-0.15, -0.1) is 0 Å². The first kappa shape index (κ1) is 14.2. The van der Waals surface area contributed by atoms with E-state index in [4.69, 9.17) is 0 Å². The van der Waals surface area contributed by atoms with Crippen LogP contribution >= 0.6 is 0 Å². The van der Waals surface area contributed by atoms with Crippen LogP contribution in [0.3, 0.4) is 0 Å². The van der Waals surface area contributed by atoms with E-state index in [1.165, 1.54) is 6.20 Å². The summed E-state index contributed by atoms with van der Waals surface area (Å²) in [4.78, 5) is 0.245. The highest BCUT2D eigenvalue weighted by Gasteiger charge is 2.15. The van der Waals surface area contributed by atoms with Crippen molar-refractivity contribution < 1.29 is 8.42 Å². The van der Waals surface area contributed by atoms with Crippen molar-refractivity contribution in [2.24, 2.45) is 0 Å². The molecule has 1 aromatic rings. The lowest BCUT2D eigenvalue weighted by Crippen LogP contribution is -2.24. The van der Waals surface area contributed by atoms with E-state index >= 15 is 0 Å². The molecule has 0 amide bonds. The van der Waals surface area contributed by atoms with E-state index in [1.807, 2.05) is 6.92 Å². The van der Waals surface area contributed by atoms with Crippen molar-refractivity contribution in [1.82, 2.24) is 14.5 Å². The minimum Gasteiger partial charge on any atom is -0.272 e. The molecule has 0 fully saturated rings. The minimum absolute atomic E-state index is 0.245. The van der Waals surface area contributed by atoms with E-state index < -0.39 is 10.0 Å². The van der Waals surface area contributed by atoms with E-state index in [2.05, 4.69) is 16.7 Å². The quantitative estimate of drug-likeness (QED) is 0.724. The molecule has 6 heteroatoms. The van der Waals surface area contributed by atoms with E-state index in [0.29, 0.717) is 13.1 Å². The third-order valence-corrected chi connectivity index (χ3v) is 3.98. The highest BCUT2D eigenvalue weighted by molar-refractivity contribution is 7.89. The Morgan fingerprint density at radius 1 is 1.29 bits per heavy atom. The number of nitrogens with zero attached hydrogens (tertiary/aromatic N) is 2. The van der Waals surface area contributed by atoms with Gasteiger partial charge in [0.2, 0.25) is 10.0 Å². The summed E-state index contributed by atoms with van der Waals surface area (Å²) in [7, 11) is -3.37. The second-order valence-corrected chi connectivity index (χ2v) is 5.76. The summed E-state index contributed by atoms with van der Waals surface area (Å²) >= 11 is 0. The minimum atomic E-state index is -3.37. The number of aromatic nitrogens is 2. The van der Waals surface area contributed by atoms with Crippen LogP contribution in [0.4, 0.5) is 0 Å². The zero-order valence-electron chi connectivity index (χ0n) is 10.5. The van der Waals surface area contributed by atoms with Crippen LogP contribution < -0.4 is 4.72 Å². The Balaban J connectivity index is 2.45. The molecule has 98 valence electrons. The molecule has 1 aromatic heterocycles. The average Bonchev–Trinajstić information content (AvgIpc) is 2.78. The number of sulfonamides is 1. The Morgan fingerprint density at radius 3 is 2.65 bits per heavy atom. The fourth-order valence-corrected chi connectivity index (χ4v) is 2.52. The monoisotopic (exact) mass is 259 g/mol. The summed E-state index contributed by atoms with van der Waals surface area (Å²) in [6.45, 7) is 5.22. The molecule has 0 bridgehead atoms.